The molecule has 0 radical (unpaired) electrons. The Morgan fingerprint density at radius 2 is 1.79 bits per heavy atom. The van der Waals surface area contributed by atoms with E-state index in [1.165, 1.54) is 12.5 Å². The van der Waals surface area contributed by atoms with E-state index in [1.54, 1.807) is 0 Å². The molecule has 4 aliphatic rings. The molecule has 0 heterocycles. The Balaban J connectivity index is 1.40. The smallest absolute Gasteiger partial charge is 0.344 e. The number of hydrogen-bond donors (Lipinski definition) is 1. The van der Waals surface area contributed by atoms with Crippen LogP contribution in [0.1, 0.15) is 49.4 Å². The minimum atomic E-state index is -1.43. The van der Waals surface area contributed by atoms with Gasteiger partial charge in [-0.1, -0.05) is 0 Å². The van der Waals surface area contributed by atoms with E-state index in [9.17, 15) is 19.7 Å². The number of carbonyl (C=O) groups excluding carboxylic acids is 1. The van der Waals surface area contributed by atoms with Crippen molar-refractivity contribution in [1.82, 2.24) is 0 Å². The molecule has 1 aromatic carbocycles. The lowest BCUT2D eigenvalue weighted by molar-refractivity contribution is -0.385. The summed E-state index contributed by atoms with van der Waals surface area (Å²) in [5.74, 6) is 0.470. The fourth-order valence-electron chi connectivity index (χ4n) is 5.64. The quantitative estimate of drug-likeness (QED) is 0.450. The van der Waals surface area contributed by atoms with Crippen LogP contribution in [0.15, 0.2) is 18.2 Å². The van der Waals surface area contributed by atoms with Gasteiger partial charge in [-0.15, -0.1) is 0 Å². The number of carbonyl (C=O) groups is 2. The molecule has 0 unspecified atom stereocenters. The second-order valence-corrected chi connectivity index (χ2v) is 8.49. The molecule has 1 N–H and O–H groups in total. The minimum Gasteiger partial charge on any atom is -0.482 e. The predicted molar refractivity (Wildman–Crippen MR) is 97.1 cm³/mol. The van der Waals surface area contributed by atoms with Gasteiger partial charge in [0, 0.05) is 12.1 Å². The minimum absolute atomic E-state index is 0.0789. The lowest BCUT2D eigenvalue weighted by Crippen LogP contribution is -2.58. The van der Waals surface area contributed by atoms with E-state index in [1.807, 2.05) is 6.92 Å². The van der Waals surface area contributed by atoms with Crippen molar-refractivity contribution in [3.63, 3.8) is 0 Å². The molecule has 0 aliphatic heterocycles. The summed E-state index contributed by atoms with van der Waals surface area (Å²) in [6, 6.07) is 3.39. The number of nitro groups is 1. The Labute approximate surface area is 162 Å². The fraction of sp³-hybridized carbons (Fsp3) is 0.600. The summed E-state index contributed by atoms with van der Waals surface area (Å²) in [5.41, 5.74) is -1.47. The highest BCUT2D eigenvalue weighted by atomic mass is 16.6. The first-order valence-corrected chi connectivity index (χ1v) is 9.62. The Hall–Kier alpha value is -2.64. The Morgan fingerprint density at radius 3 is 2.32 bits per heavy atom. The maximum Gasteiger partial charge on any atom is 0.344 e. The first kappa shape index (κ1) is 18.7. The summed E-state index contributed by atoms with van der Waals surface area (Å²) in [4.78, 5) is 33.8. The summed E-state index contributed by atoms with van der Waals surface area (Å²) in [5, 5.41) is 20.0. The SMILES string of the molecule is CC1(OC(=O)COc2ccc([N+](=O)[O-])c(C(=O)O)c2)C2CC3CC(C2)CC1C3. The van der Waals surface area contributed by atoms with Crippen LogP contribution in [0.4, 0.5) is 5.69 Å². The molecule has 0 atom stereocenters. The highest BCUT2D eigenvalue weighted by molar-refractivity contribution is 5.92. The van der Waals surface area contributed by atoms with Crippen molar-refractivity contribution >= 4 is 17.6 Å². The standard InChI is InChI=1S/C20H23NO7/c1-20(13-5-11-4-12(7-13)8-14(20)6-11)28-18(22)10-27-15-2-3-17(21(25)26)16(9-15)19(23)24/h2-3,9,11-14H,4-8,10H2,1H3,(H,23,24). The molecule has 0 spiro atoms. The molecule has 4 aliphatic carbocycles. The Morgan fingerprint density at radius 1 is 1.18 bits per heavy atom. The third-order valence-corrected chi connectivity index (χ3v) is 6.84. The average Bonchev–Trinajstić information content (AvgIpc) is 2.63. The van der Waals surface area contributed by atoms with Gasteiger partial charge in [0.25, 0.3) is 5.69 Å². The van der Waals surface area contributed by atoms with Crippen molar-refractivity contribution in [3.8, 4) is 5.75 Å². The number of carboxylic acids is 1. The number of esters is 1. The van der Waals surface area contributed by atoms with Gasteiger partial charge in [-0.3, -0.25) is 10.1 Å². The van der Waals surface area contributed by atoms with Gasteiger partial charge in [0.05, 0.1) is 4.92 Å². The van der Waals surface area contributed by atoms with Gasteiger partial charge in [0.15, 0.2) is 6.61 Å². The summed E-state index contributed by atoms with van der Waals surface area (Å²) < 4.78 is 11.3. The van der Waals surface area contributed by atoms with Crippen molar-refractivity contribution in [3.05, 3.63) is 33.9 Å². The number of benzene rings is 1. The van der Waals surface area contributed by atoms with E-state index < -0.39 is 33.7 Å². The van der Waals surface area contributed by atoms with Gasteiger partial charge >= 0.3 is 11.9 Å². The second-order valence-electron chi connectivity index (χ2n) is 8.49. The predicted octanol–water partition coefficient (Wildman–Crippen LogP) is 3.43. The van der Waals surface area contributed by atoms with Crippen molar-refractivity contribution < 1.29 is 29.1 Å². The Bertz CT molecular complexity index is 806. The Kier molecular flexibility index (Phi) is 4.51. The highest BCUT2D eigenvalue weighted by Crippen LogP contribution is 2.59. The number of rotatable bonds is 6. The van der Waals surface area contributed by atoms with Gasteiger partial charge in [0.1, 0.15) is 16.9 Å². The maximum atomic E-state index is 12.4. The number of aromatic carboxylic acids is 1. The van der Waals surface area contributed by atoms with Gasteiger partial charge in [-0.2, -0.15) is 0 Å². The normalized spacial score (nSPS) is 32.8. The molecule has 8 nitrogen and oxygen atoms in total. The maximum absolute atomic E-state index is 12.4. The zero-order valence-electron chi connectivity index (χ0n) is 15.6. The number of nitrogens with zero attached hydrogens (tertiary/aromatic N) is 1. The monoisotopic (exact) mass is 389 g/mol. The van der Waals surface area contributed by atoms with Gasteiger partial charge in [0.2, 0.25) is 0 Å². The lowest BCUT2D eigenvalue weighted by atomic mass is 9.50. The van der Waals surface area contributed by atoms with E-state index in [2.05, 4.69) is 0 Å². The molecule has 0 aromatic heterocycles. The van der Waals surface area contributed by atoms with Crippen molar-refractivity contribution in [2.75, 3.05) is 6.61 Å². The molecular weight excluding hydrogens is 366 g/mol. The average molecular weight is 389 g/mol. The topological polar surface area (TPSA) is 116 Å². The van der Waals surface area contributed by atoms with Crippen molar-refractivity contribution in [2.45, 2.75) is 44.6 Å². The zero-order valence-corrected chi connectivity index (χ0v) is 15.6. The first-order valence-electron chi connectivity index (χ1n) is 9.62. The number of nitro benzene ring substituents is 1. The molecule has 4 saturated carbocycles. The van der Waals surface area contributed by atoms with Crippen molar-refractivity contribution in [2.24, 2.45) is 23.7 Å². The molecule has 1 aromatic rings. The summed E-state index contributed by atoms with van der Waals surface area (Å²) in [6.07, 6.45) is 5.76. The third kappa shape index (κ3) is 3.21. The van der Waals surface area contributed by atoms with E-state index in [4.69, 9.17) is 14.6 Å². The van der Waals surface area contributed by atoms with Crippen LogP contribution in [0, 0.1) is 33.8 Å². The third-order valence-electron chi connectivity index (χ3n) is 6.84. The molecule has 8 heteroatoms. The molecule has 28 heavy (non-hydrogen) atoms. The second kappa shape index (κ2) is 6.76. The molecular formula is C20H23NO7. The molecule has 150 valence electrons. The van der Waals surface area contributed by atoms with Gasteiger partial charge in [-0.05, 0) is 68.8 Å². The number of hydrogen-bond acceptors (Lipinski definition) is 6. The van der Waals surface area contributed by atoms with Crippen LogP contribution in [0.2, 0.25) is 0 Å². The highest BCUT2D eigenvalue weighted by Gasteiger charge is 2.57. The molecule has 4 fully saturated rings. The van der Waals surface area contributed by atoms with Crippen LogP contribution in [0.25, 0.3) is 0 Å². The molecule has 0 amide bonds. The fourth-order valence-corrected chi connectivity index (χ4v) is 5.64. The number of ether oxygens (including phenoxy) is 2. The summed E-state index contributed by atoms with van der Waals surface area (Å²) >= 11 is 0. The van der Waals surface area contributed by atoms with Crippen LogP contribution in [-0.2, 0) is 9.53 Å². The van der Waals surface area contributed by atoms with E-state index in [0.29, 0.717) is 11.8 Å². The van der Waals surface area contributed by atoms with Crippen LogP contribution < -0.4 is 4.74 Å². The van der Waals surface area contributed by atoms with E-state index in [0.717, 1.165) is 49.7 Å². The van der Waals surface area contributed by atoms with Crippen LogP contribution in [-0.4, -0.2) is 34.2 Å². The first-order chi connectivity index (χ1) is 13.3. The zero-order chi connectivity index (χ0) is 20.1. The largest absolute Gasteiger partial charge is 0.482 e. The van der Waals surface area contributed by atoms with Gasteiger partial charge < -0.3 is 14.6 Å². The molecule has 4 bridgehead atoms. The molecule has 0 saturated heterocycles. The van der Waals surface area contributed by atoms with Crippen LogP contribution in [0.5, 0.6) is 5.75 Å². The van der Waals surface area contributed by atoms with Crippen LogP contribution >= 0.6 is 0 Å². The summed E-state index contributed by atoms with van der Waals surface area (Å²) in [7, 11) is 0. The van der Waals surface area contributed by atoms with E-state index >= 15 is 0 Å². The lowest BCUT2D eigenvalue weighted by Gasteiger charge is -2.59. The molecule has 5 rings (SSSR count). The summed E-state index contributed by atoms with van der Waals surface area (Å²) in [6.45, 7) is 1.67. The van der Waals surface area contributed by atoms with Gasteiger partial charge in [-0.25, -0.2) is 9.59 Å². The van der Waals surface area contributed by atoms with Crippen molar-refractivity contribution in [1.29, 1.82) is 0 Å². The van der Waals surface area contributed by atoms with Crippen LogP contribution in [0.3, 0.4) is 0 Å². The number of carboxylic acid groups (broad SMARTS) is 1. The van der Waals surface area contributed by atoms with E-state index in [-0.39, 0.29) is 12.4 Å².